The molecule has 1 saturated heterocycles. The van der Waals surface area contributed by atoms with Gasteiger partial charge in [-0.1, -0.05) is 72.4 Å². The van der Waals surface area contributed by atoms with Crippen molar-refractivity contribution in [2.45, 2.75) is 43.2 Å². The van der Waals surface area contributed by atoms with Crippen molar-refractivity contribution in [1.82, 2.24) is 30.0 Å². The van der Waals surface area contributed by atoms with E-state index < -0.39 is 6.29 Å². The molecule has 5 aromatic rings. The Bertz CT molecular complexity index is 1660. The number of thioether (sulfide) groups is 1. The Morgan fingerprint density at radius 2 is 1.74 bits per heavy atom. The minimum absolute atomic E-state index is 0.00301. The van der Waals surface area contributed by atoms with Crippen molar-refractivity contribution in [3.63, 3.8) is 0 Å². The lowest BCUT2D eigenvalue weighted by Crippen LogP contribution is -2.31. The van der Waals surface area contributed by atoms with Crippen LogP contribution >= 0.6 is 11.8 Å². The molecular weight excluding hydrogens is 552 g/mol. The molecule has 1 aliphatic rings. The lowest BCUT2D eigenvalue weighted by Gasteiger charge is -2.36. The van der Waals surface area contributed by atoms with Gasteiger partial charge < -0.3 is 24.5 Å². The number of ether oxygens (including phenoxy) is 2. The molecule has 3 atom stereocenters. The summed E-state index contributed by atoms with van der Waals surface area (Å²) in [5.41, 5.74) is 5.40. The number of rotatable bonds is 9. The fourth-order valence-corrected chi connectivity index (χ4v) is 5.63. The number of nitrogens with zero attached hydrogens (tertiary/aromatic N) is 5. The van der Waals surface area contributed by atoms with Gasteiger partial charge in [0.2, 0.25) is 0 Å². The van der Waals surface area contributed by atoms with Crippen molar-refractivity contribution in [3.05, 3.63) is 113 Å². The summed E-state index contributed by atoms with van der Waals surface area (Å²) in [5, 5.41) is 21.3. The van der Waals surface area contributed by atoms with Crippen LogP contribution in [0, 0.1) is 0 Å². The summed E-state index contributed by atoms with van der Waals surface area (Å²) in [5.74, 6) is 0.411. The number of benzene rings is 3. The molecular formula is C31H30N6O4S. The predicted octanol–water partition coefficient (Wildman–Crippen LogP) is 4.52. The molecule has 2 aromatic heterocycles. The minimum atomic E-state index is -0.567. The van der Waals surface area contributed by atoms with E-state index in [1.807, 2.05) is 84.4 Å². The number of fused-ring (bicyclic) bond motifs is 1. The largest absolute Gasteiger partial charge is 0.392 e. The second kappa shape index (κ2) is 12.8. The van der Waals surface area contributed by atoms with Crippen LogP contribution in [0.15, 0.2) is 90.5 Å². The summed E-state index contributed by atoms with van der Waals surface area (Å²) in [4.78, 5) is 21.5. The Hall–Kier alpha value is -4.16. The smallest absolute Gasteiger partial charge is 0.271 e. The van der Waals surface area contributed by atoms with Gasteiger partial charge in [0, 0.05) is 31.3 Å². The number of nitrogens with one attached hydrogen (secondary N) is 1. The van der Waals surface area contributed by atoms with Gasteiger partial charge in [0.15, 0.2) is 11.4 Å². The molecule has 11 heteroatoms. The number of hydrogen-bond donors (Lipinski definition) is 2. The van der Waals surface area contributed by atoms with E-state index in [0.29, 0.717) is 24.2 Å². The van der Waals surface area contributed by atoms with Crippen molar-refractivity contribution >= 4 is 28.7 Å². The summed E-state index contributed by atoms with van der Waals surface area (Å²) < 4.78 is 14.7. The van der Waals surface area contributed by atoms with Crippen molar-refractivity contribution < 1.29 is 19.4 Å². The second-order valence-electron chi connectivity index (χ2n) is 10.1. The molecule has 214 valence electrons. The Labute approximate surface area is 247 Å². The fraction of sp³-hybridized carbons (Fsp3) is 0.258. The highest BCUT2D eigenvalue weighted by Crippen LogP contribution is 2.39. The number of aryl methyl sites for hydroxylation is 1. The third-order valence-electron chi connectivity index (χ3n) is 7.07. The van der Waals surface area contributed by atoms with Gasteiger partial charge in [-0.15, -0.1) is 10.2 Å². The number of carbonyl (C=O) groups excluding carboxylic acids is 1. The predicted molar refractivity (Wildman–Crippen MR) is 157 cm³/mol. The molecule has 0 unspecified atom stereocenters. The number of hydrogen-bond acceptors (Lipinski definition) is 9. The van der Waals surface area contributed by atoms with E-state index in [1.165, 1.54) is 6.20 Å². The molecule has 0 bridgehead atoms. The van der Waals surface area contributed by atoms with Gasteiger partial charge in [0.05, 0.1) is 36.0 Å². The molecule has 2 N–H and O–H groups in total. The van der Waals surface area contributed by atoms with Gasteiger partial charge in [0.25, 0.3) is 5.91 Å². The van der Waals surface area contributed by atoms with Gasteiger partial charge in [-0.25, -0.2) is 4.98 Å². The van der Waals surface area contributed by atoms with Crippen LogP contribution in [0.25, 0.3) is 11.0 Å². The molecule has 0 aliphatic carbocycles. The Morgan fingerprint density at radius 1 is 1.00 bits per heavy atom. The van der Waals surface area contributed by atoms with Crippen LogP contribution in [-0.4, -0.2) is 47.6 Å². The minimum Gasteiger partial charge on any atom is -0.392 e. The number of aromatic nitrogens is 5. The summed E-state index contributed by atoms with van der Waals surface area (Å²) in [6, 6.07) is 23.1. The van der Waals surface area contributed by atoms with Crippen LogP contribution in [0.3, 0.4) is 0 Å². The van der Waals surface area contributed by atoms with Crippen molar-refractivity contribution in [3.8, 4) is 0 Å². The fourth-order valence-electron chi connectivity index (χ4n) is 4.73. The van der Waals surface area contributed by atoms with E-state index in [4.69, 9.17) is 9.47 Å². The second-order valence-corrected chi connectivity index (χ2v) is 11.0. The standard InChI is InChI=1S/C31H30N6O4S/c1-37-19-34-36-31(37)42-18-24-14-28(22-10-8-21(17-38)9-11-22)41-30(40-24)23-12-6-20(7-13-23)15-33-29(39)27-16-32-25-4-2-3-5-26(25)35-27/h2-13,16,19,24,28,30,38H,14-15,17-18H2,1H3,(H,33,39)/t24-,28+,30+/m1/s1. The molecule has 3 heterocycles. The summed E-state index contributed by atoms with van der Waals surface area (Å²) >= 11 is 1.60. The van der Waals surface area contributed by atoms with Gasteiger partial charge in [-0.2, -0.15) is 0 Å². The van der Waals surface area contributed by atoms with E-state index >= 15 is 0 Å². The first kappa shape index (κ1) is 28.0. The number of amides is 1. The molecule has 1 fully saturated rings. The van der Waals surface area contributed by atoms with E-state index in [-0.39, 0.29) is 30.4 Å². The molecule has 3 aromatic carbocycles. The molecule has 1 aliphatic heterocycles. The maximum absolute atomic E-state index is 12.7. The molecule has 42 heavy (non-hydrogen) atoms. The van der Waals surface area contributed by atoms with Crippen LogP contribution in [0.4, 0.5) is 0 Å². The van der Waals surface area contributed by atoms with Crippen molar-refractivity contribution in [2.24, 2.45) is 7.05 Å². The van der Waals surface area contributed by atoms with E-state index in [1.54, 1.807) is 18.1 Å². The van der Waals surface area contributed by atoms with Crippen LogP contribution in [-0.2, 0) is 29.7 Å². The van der Waals surface area contributed by atoms with Crippen molar-refractivity contribution in [2.75, 3.05) is 5.75 Å². The first-order valence-electron chi connectivity index (χ1n) is 13.6. The highest BCUT2D eigenvalue weighted by atomic mass is 32.2. The third-order valence-corrected chi connectivity index (χ3v) is 8.24. The highest BCUT2D eigenvalue weighted by molar-refractivity contribution is 7.99. The summed E-state index contributed by atoms with van der Waals surface area (Å²) in [7, 11) is 1.92. The number of aliphatic hydroxyl groups is 1. The monoisotopic (exact) mass is 582 g/mol. The highest BCUT2D eigenvalue weighted by Gasteiger charge is 2.32. The lowest BCUT2D eigenvalue weighted by molar-refractivity contribution is -0.245. The van der Waals surface area contributed by atoms with Crippen LogP contribution in [0.2, 0.25) is 0 Å². The Kier molecular flexibility index (Phi) is 8.52. The van der Waals surface area contributed by atoms with Crippen LogP contribution < -0.4 is 5.32 Å². The number of carbonyl (C=O) groups is 1. The van der Waals surface area contributed by atoms with E-state index in [2.05, 4.69) is 25.5 Å². The normalized spacial score (nSPS) is 18.7. The maximum Gasteiger partial charge on any atom is 0.271 e. The molecule has 0 saturated carbocycles. The summed E-state index contributed by atoms with van der Waals surface area (Å²) in [6.45, 7) is 0.341. The lowest BCUT2D eigenvalue weighted by atomic mass is 10.0. The van der Waals surface area contributed by atoms with Crippen molar-refractivity contribution in [1.29, 1.82) is 0 Å². The summed E-state index contributed by atoms with van der Waals surface area (Å²) in [6.07, 6.45) is 3.02. The molecule has 6 rings (SSSR count). The van der Waals surface area contributed by atoms with Gasteiger partial charge >= 0.3 is 0 Å². The molecule has 10 nitrogen and oxygen atoms in total. The average Bonchev–Trinajstić information content (AvgIpc) is 3.46. The number of para-hydroxylation sites is 2. The zero-order valence-corrected chi connectivity index (χ0v) is 23.8. The van der Waals surface area contributed by atoms with Crippen LogP contribution in [0.1, 0.15) is 51.6 Å². The molecule has 0 radical (unpaired) electrons. The van der Waals surface area contributed by atoms with E-state index in [9.17, 15) is 9.90 Å². The quantitative estimate of drug-likeness (QED) is 0.241. The molecule has 1 amide bonds. The van der Waals surface area contributed by atoms with Crippen LogP contribution in [0.5, 0.6) is 0 Å². The zero-order chi connectivity index (χ0) is 28.9. The first-order valence-corrected chi connectivity index (χ1v) is 14.6. The van der Waals surface area contributed by atoms with Gasteiger partial charge in [0.1, 0.15) is 12.0 Å². The topological polar surface area (TPSA) is 124 Å². The average molecular weight is 583 g/mol. The maximum atomic E-state index is 12.7. The Morgan fingerprint density at radius 3 is 2.48 bits per heavy atom. The van der Waals surface area contributed by atoms with E-state index in [0.717, 1.165) is 32.9 Å². The SMILES string of the molecule is Cn1cnnc1SC[C@H]1C[C@@H](c2ccc(CO)cc2)O[C@@H](c2ccc(CNC(=O)c3cnc4ccccc4n3)cc2)O1. The van der Waals surface area contributed by atoms with Gasteiger partial charge in [-0.05, 0) is 28.8 Å². The first-order chi connectivity index (χ1) is 20.6. The van der Waals surface area contributed by atoms with Gasteiger partial charge in [-0.3, -0.25) is 9.78 Å². The Balaban J connectivity index is 1.13. The molecule has 0 spiro atoms. The third kappa shape index (κ3) is 6.50. The zero-order valence-electron chi connectivity index (χ0n) is 23.0. The number of aliphatic hydroxyl groups excluding tert-OH is 1.